The number of anilines is 2. The molecule has 5 aromatic rings. The summed E-state index contributed by atoms with van der Waals surface area (Å²) in [5.41, 5.74) is 3.95. The lowest BCUT2D eigenvalue weighted by molar-refractivity contribution is 0.0635. The Morgan fingerprint density at radius 3 is 2.74 bits per heavy atom. The number of hydrogen-bond acceptors (Lipinski definition) is 6. The summed E-state index contributed by atoms with van der Waals surface area (Å²) in [6, 6.07) is 12.0. The van der Waals surface area contributed by atoms with Gasteiger partial charge in [0, 0.05) is 27.9 Å². The van der Waals surface area contributed by atoms with Crippen LogP contribution in [0, 0.1) is 0 Å². The van der Waals surface area contributed by atoms with Crippen LogP contribution >= 0.6 is 11.3 Å². The van der Waals surface area contributed by atoms with E-state index in [4.69, 9.17) is 4.74 Å². The Morgan fingerprint density at radius 2 is 1.91 bits per heavy atom. The summed E-state index contributed by atoms with van der Waals surface area (Å²) < 4.78 is 5.23. The van der Waals surface area contributed by atoms with Gasteiger partial charge in [0.1, 0.15) is 11.3 Å². The van der Waals surface area contributed by atoms with E-state index in [9.17, 15) is 9.59 Å². The molecule has 9 nitrogen and oxygen atoms in total. The first-order valence-corrected chi connectivity index (χ1v) is 11.5. The molecule has 0 radical (unpaired) electrons. The van der Waals surface area contributed by atoms with Crippen LogP contribution < -0.4 is 10.6 Å². The van der Waals surface area contributed by atoms with Gasteiger partial charge in [-0.1, -0.05) is 12.1 Å². The van der Waals surface area contributed by atoms with Gasteiger partial charge in [0.2, 0.25) is 0 Å². The van der Waals surface area contributed by atoms with Crippen molar-refractivity contribution >= 4 is 56.0 Å². The molecule has 5 rings (SSSR count). The molecule has 0 atom stereocenters. The number of hydrogen-bond donors (Lipinski definition) is 4. The number of thiazole rings is 1. The number of H-pyrrole nitrogens is 2. The number of rotatable bonds is 4. The summed E-state index contributed by atoms with van der Waals surface area (Å²) in [5.74, 6) is -0.395. The second kappa shape index (κ2) is 8.31. The van der Waals surface area contributed by atoms with Crippen LogP contribution in [-0.2, 0) is 4.74 Å². The Kier molecular flexibility index (Phi) is 5.29. The van der Waals surface area contributed by atoms with Gasteiger partial charge in [0.25, 0.3) is 5.91 Å². The normalized spacial score (nSPS) is 11.6. The van der Waals surface area contributed by atoms with Crippen LogP contribution in [0.4, 0.5) is 15.6 Å². The maximum Gasteiger partial charge on any atom is 0.413 e. The van der Waals surface area contributed by atoms with E-state index in [1.165, 1.54) is 0 Å². The van der Waals surface area contributed by atoms with E-state index in [1.54, 1.807) is 32.3 Å². The van der Waals surface area contributed by atoms with Crippen molar-refractivity contribution in [2.24, 2.45) is 0 Å². The predicted molar refractivity (Wildman–Crippen MR) is 133 cm³/mol. The second-order valence-electron chi connectivity index (χ2n) is 8.72. The van der Waals surface area contributed by atoms with Crippen LogP contribution in [-0.4, -0.2) is 37.8 Å². The molecular weight excluding hydrogens is 452 g/mol. The van der Waals surface area contributed by atoms with Gasteiger partial charge in [-0.15, -0.1) is 11.3 Å². The number of aromatic nitrogens is 4. The van der Waals surface area contributed by atoms with E-state index in [0.29, 0.717) is 5.69 Å². The number of nitrogens with one attached hydrogen (secondary N) is 4. The lowest BCUT2D eigenvalue weighted by Crippen LogP contribution is -2.27. The third kappa shape index (κ3) is 4.35. The smallest absolute Gasteiger partial charge is 0.413 e. The monoisotopic (exact) mass is 474 g/mol. The summed E-state index contributed by atoms with van der Waals surface area (Å²) >= 11 is 1.14. The molecule has 3 aromatic heterocycles. The third-order valence-corrected chi connectivity index (χ3v) is 5.82. The number of amides is 2. The Morgan fingerprint density at radius 1 is 1.06 bits per heavy atom. The van der Waals surface area contributed by atoms with Crippen LogP contribution in [0.5, 0.6) is 0 Å². The Balaban J connectivity index is 1.42. The zero-order valence-electron chi connectivity index (χ0n) is 18.7. The van der Waals surface area contributed by atoms with Crippen LogP contribution in [0.1, 0.15) is 31.3 Å². The van der Waals surface area contributed by atoms with Gasteiger partial charge in [-0.25, -0.2) is 9.78 Å². The van der Waals surface area contributed by atoms with Crippen molar-refractivity contribution in [1.82, 2.24) is 20.2 Å². The zero-order valence-corrected chi connectivity index (χ0v) is 19.5. The largest absolute Gasteiger partial charge is 0.444 e. The van der Waals surface area contributed by atoms with E-state index >= 15 is 0 Å². The van der Waals surface area contributed by atoms with E-state index in [-0.39, 0.29) is 10.8 Å². The van der Waals surface area contributed by atoms with Gasteiger partial charge in [0.05, 0.1) is 17.4 Å². The van der Waals surface area contributed by atoms with Gasteiger partial charge < -0.3 is 15.0 Å². The van der Waals surface area contributed by atoms with Gasteiger partial charge in [-0.05, 0) is 56.2 Å². The summed E-state index contributed by atoms with van der Waals surface area (Å²) in [5, 5.41) is 16.3. The van der Waals surface area contributed by atoms with Crippen molar-refractivity contribution in [3.8, 4) is 11.1 Å². The minimum atomic E-state index is -0.632. The molecule has 4 N–H and O–H groups in total. The fourth-order valence-corrected chi connectivity index (χ4v) is 4.34. The highest BCUT2D eigenvalue weighted by Gasteiger charge is 2.19. The molecule has 172 valence electrons. The summed E-state index contributed by atoms with van der Waals surface area (Å²) in [6.45, 7) is 5.32. The molecule has 0 unspecified atom stereocenters. The minimum Gasteiger partial charge on any atom is -0.444 e. The molecule has 0 saturated carbocycles. The van der Waals surface area contributed by atoms with E-state index in [0.717, 1.165) is 44.3 Å². The fraction of sp³-hybridized carbons (Fsp3) is 0.167. The number of benzene rings is 2. The summed E-state index contributed by atoms with van der Waals surface area (Å²) in [4.78, 5) is 32.4. The standard InChI is InChI=1S/C24H22N6O3S/c1-24(2,3)33-23(32)29-22-28-20(12-34-22)21(31)27-18-9-13(10-19-16(18)11-26-30-19)14-5-4-6-17-15(14)7-8-25-17/h4-12,25H,1-3H3,(H,26,30)(H,27,31)(H,28,29,32). The first-order valence-electron chi connectivity index (χ1n) is 10.6. The highest BCUT2D eigenvalue weighted by molar-refractivity contribution is 7.14. The molecule has 0 aliphatic heterocycles. The maximum atomic E-state index is 13.0. The lowest BCUT2D eigenvalue weighted by Gasteiger charge is -2.18. The number of nitrogens with zero attached hydrogens (tertiary/aromatic N) is 2. The third-order valence-electron chi connectivity index (χ3n) is 5.06. The molecule has 0 fully saturated rings. The molecule has 0 saturated heterocycles. The highest BCUT2D eigenvalue weighted by Crippen LogP contribution is 2.34. The first kappa shape index (κ1) is 21.7. The Labute approximate surface area is 198 Å². The van der Waals surface area contributed by atoms with Crippen LogP contribution in [0.2, 0.25) is 0 Å². The molecule has 2 amide bonds. The molecule has 0 spiro atoms. The molecule has 0 aliphatic carbocycles. The van der Waals surface area contributed by atoms with E-state index in [1.807, 2.05) is 42.6 Å². The number of carbonyl (C=O) groups is 2. The van der Waals surface area contributed by atoms with Gasteiger partial charge in [-0.2, -0.15) is 5.10 Å². The second-order valence-corrected chi connectivity index (χ2v) is 9.58. The lowest BCUT2D eigenvalue weighted by atomic mass is 9.99. The van der Waals surface area contributed by atoms with Crippen molar-refractivity contribution in [1.29, 1.82) is 0 Å². The van der Waals surface area contributed by atoms with Crippen LogP contribution in [0.25, 0.3) is 32.9 Å². The molecule has 0 bridgehead atoms. The SMILES string of the molecule is CC(C)(C)OC(=O)Nc1nc(C(=O)Nc2cc(-c3cccc4[nH]ccc34)cc3[nH]ncc23)cs1. The number of fused-ring (bicyclic) bond motifs is 2. The summed E-state index contributed by atoms with van der Waals surface area (Å²) in [6.07, 6.45) is 2.94. The van der Waals surface area contributed by atoms with Crippen LogP contribution in [0.15, 0.2) is 54.2 Å². The Hall–Kier alpha value is -4.18. The number of aromatic amines is 2. The van der Waals surface area contributed by atoms with Gasteiger partial charge in [0.15, 0.2) is 5.13 Å². The van der Waals surface area contributed by atoms with Crippen LogP contribution in [0.3, 0.4) is 0 Å². The molecular formula is C24H22N6O3S. The van der Waals surface area contributed by atoms with E-state index < -0.39 is 17.6 Å². The molecule has 3 heterocycles. The van der Waals surface area contributed by atoms with Crippen molar-refractivity contribution in [2.45, 2.75) is 26.4 Å². The molecule has 2 aromatic carbocycles. The predicted octanol–water partition coefficient (Wildman–Crippen LogP) is 5.77. The average Bonchev–Trinajstić information content (AvgIpc) is 3.52. The van der Waals surface area contributed by atoms with Crippen molar-refractivity contribution in [3.63, 3.8) is 0 Å². The topological polar surface area (TPSA) is 125 Å². The van der Waals surface area contributed by atoms with E-state index in [2.05, 4.69) is 30.8 Å². The average molecular weight is 475 g/mol. The van der Waals surface area contributed by atoms with Crippen molar-refractivity contribution in [2.75, 3.05) is 10.6 Å². The number of carbonyl (C=O) groups excluding carboxylic acids is 2. The summed E-state index contributed by atoms with van der Waals surface area (Å²) in [7, 11) is 0. The first-order chi connectivity index (χ1) is 16.3. The van der Waals surface area contributed by atoms with Gasteiger partial charge in [-0.3, -0.25) is 15.2 Å². The van der Waals surface area contributed by atoms with Crippen molar-refractivity contribution < 1.29 is 14.3 Å². The molecule has 10 heteroatoms. The number of ether oxygens (including phenoxy) is 1. The fourth-order valence-electron chi connectivity index (χ4n) is 3.66. The molecule has 34 heavy (non-hydrogen) atoms. The van der Waals surface area contributed by atoms with Crippen molar-refractivity contribution in [3.05, 3.63) is 59.9 Å². The quantitative estimate of drug-likeness (QED) is 0.263. The highest BCUT2D eigenvalue weighted by atomic mass is 32.1. The maximum absolute atomic E-state index is 13.0. The minimum absolute atomic E-state index is 0.186. The Bertz CT molecular complexity index is 1520. The zero-order chi connectivity index (χ0) is 23.9. The van der Waals surface area contributed by atoms with Gasteiger partial charge >= 0.3 is 6.09 Å². The molecule has 0 aliphatic rings.